The molecule has 1 fully saturated rings. The molecular formula is C12H16BrN. The van der Waals surface area contributed by atoms with Crippen molar-refractivity contribution in [2.45, 2.75) is 37.4 Å². The molecule has 0 radical (unpaired) electrons. The smallest absolute Gasteiger partial charge is 0.0409 e. The van der Waals surface area contributed by atoms with Crippen LogP contribution in [0.3, 0.4) is 0 Å². The van der Waals surface area contributed by atoms with Crippen LogP contribution in [-0.4, -0.2) is 9.81 Å². The van der Waals surface area contributed by atoms with Crippen LogP contribution < -0.4 is 0 Å². The van der Waals surface area contributed by atoms with Gasteiger partial charge in [-0.2, -0.15) is 0 Å². The van der Waals surface area contributed by atoms with E-state index in [2.05, 4.69) is 40.0 Å². The lowest BCUT2D eigenvalue weighted by atomic mass is 9.84. The molecule has 0 N–H and O–H groups in total. The minimum Gasteiger partial charge on any atom is -0.261 e. The zero-order valence-corrected chi connectivity index (χ0v) is 10.1. The van der Waals surface area contributed by atoms with Crippen LogP contribution in [0.4, 0.5) is 0 Å². The molecule has 2 atom stereocenters. The molecule has 0 spiro atoms. The van der Waals surface area contributed by atoms with Gasteiger partial charge in [0, 0.05) is 16.7 Å². The Morgan fingerprint density at radius 3 is 3.00 bits per heavy atom. The third kappa shape index (κ3) is 2.35. The number of halogens is 1. The van der Waals surface area contributed by atoms with E-state index in [1.807, 2.05) is 12.3 Å². The predicted molar refractivity (Wildman–Crippen MR) is 62.6 cm³/mol. The summed E-state index contributed by atoms with van der Waals surface area (Å²) in [5, 5.41) is 0. The van der Waals surface area contributed by atoms with Crippen molar-refractivity contribution in [3.8, 4) is 0 Å². The topological polar surface area (TPSA) is 12.9 Å². The second-order valence-electron chi connectivity index (χ2n) is 4.65. The van der Waals surface area contributed by atoms with Gasteiger partial charge in [-0.25, -0.2) is 0 Å². The Morgan fingerprint density at radius 2 is 2.43 bits per heavy atom. The Labute approximate surface area is 94.1 Å². The van der Waals surface area contributed by atoms with Gasteiger partial charge in [0.15, 0.2) is 0 Å². The highest BCUT2D eigenvalue weighted by molar-refractivity contribution is 9.09. The van der Waals surface area contributed by atoms with E-state index in [4.69, 9.17) is 0 Å². The monoisotopic (exact) mass is 253 g/mol. The maximum Gasteiger partial charge on any atom is 0.0409 e. The molecular weight excluding hydrogens is 238 g/mol. The van der Waals surface area contributed by atoms with Gasteiger partial charge in [-0.3, -0.25) is 4.98 Å². The lowest BCUT2D eigenvalue weighted by molar-refractivity contribution is 0.332. The molecule has 1 saturated carbocycles. The Bertz CT molecular complexity index is 298. The molecule has 0 aromatic carbocycles. The quantitative estimate of drug-likeness (QED) is 0.735. The summed E-state index contributed by atoms with van der Waals surface area (Å²) in [5.41, 5.74) is 1.69. The molecule has 1 heterocycles. The molecule has 0 aliphatic heterocycles. The number of nitrogens with zero attached hydrogens (tertiary/aromatic N) is 1. The summed E-state index contributed by atoms with van der Waals surface area (Å²) in [6.45, 7) is 2.38. The van der Waals surface area contributed by atoms with Gasteiger partial charge < -0.3 is 0 Å². The third-order valence-corrected chi connectivity index (χ3v) is 3.89. The minimum atomic E-state index is 0.461. The molecule has 1 aliphatic rings. The number of rotatable bonds is 2. The number of aromatic nitrogens is 1. The highest BCUT2D eigenvalue weighted by Gasteiger charge is 2.34. The van der Waals surface area contributed by atoms with E-state index in [1.165, 1.54) is 25.0 Å². The second-order valence-corrected chi connectivity index (χ2v) is 5.94. The van der Waals surface area contributed by atoms with Crippen LogP contribution in [0, 0.1) is 5.41 Å². The fourth-order valence-electron chi connectivity index (χ4n) is 2.34. The van der Waals surface area contributed by atoms with Gasteiger partial charge in [0.05, 0.1) is 0 Å². The molecule has 14 heavy (non-hydrogen) atoms. The van der Waals surface area contributed by atoms with Crippen molar-refractivity contribution in [3.63, 3.8) is 0 Å². The summed E-state index contributed by atoms with van der Waals surface area (Å²) in [6, 6.07) is 6.19. The fraction of sp³-hybridized carbons (Fsp3) is 0.583. The van der Waals surface area contributed by atoms with E-state index in [0.717, 1.165) is 11.2 Å². The minimum absolute atomic E-state index is 0.461. The standard InChI is InChI=1S/C12H16BrN/c1-12(6-5-10(13)8-12)9-11-4-2-3-7-14-11/h2-4,7,10H,5-6,8-9H2,1H3. The van der Waals surface area contributed by atoms with Gasteiger partial charge in [0.25, 0.3) is 0 Å². The van der Waals surface area contributed by atoms with Crippen LogP contribution >= 0.6 is 15.9 Å². The Balaban J connectivity index is 2.04. The maximum absolute atomic E-state index is 4.40. The Morgan fingerprint density at radius 1 is 1.57 bits per heavy atom. The van der Waals surface area contributed by atoms with E-state index in [0.29, 0.717) is 5.41 Å². The molecule has 1 aliphatic carbocycles. The summed E-state index contributed by atoms with van der Waals surface area (Å²) >= 11 is 3.71. The first-order valence-electron chi connectivity index (χ1n) is 5.22. The van der Waals surface area contributed by atoms with Gasteiger partial charge in [0.2, 0.25) is 0 Å². The van der Waals surface area contributed by atoms with Crippen molar-refractivity contribution < 1.29 is 0 Å². The lowest BCUT2D eigenvalue weighted by Gasteiger charge is -2.22. The normalized spacial score (nSPS) is 32.0. The number of hydrogen-bond donors (Lipinski definition) is 0. The Hall–Kier alpha value is -0.370. The highest BCUT2D eigenvalue weighted by atomic mass is 79.9. The van der Waals surface area contributed by atoms with Crippen molar-refractivity contribution in [3.05, 3.63) is 30.1 Å². The summed E-state index contributed by atoms with van der Waals surface area (Å²) in [7, 11) is 0. The first-order chi connectivity index (χ1) is 6.68. The molecule has 0 saturated heterocycles. The average molecular weight is 254 g/mol. The van der Waals surface area contributed by atoms with E-state index in [-0.39, 0.29) is 0 Å². The molecule has 0 amide bonds. The van der Waals surface area contributed by atoms with Gasteiger partial charge in [-0.1, -0.05) is 28.9 Å². The van der Waals surface area contributed by atoms with Crippen molar-refractivity contribution in [1.82, 2.24) is 4.98 Å². The first kappa shape index (κ1) is 10.2. The second kappa shape index (κ2) is 4.01. The highest BCUT2D eigenvalue weighted by Crippen LogP contribution is 2.43. The summed E-state index contributed by atoms with van der Waals surface area (Å²) in [5.74, 6) is 0. The van der Waals surface area contributed by atoms with Crippen LogP contribution in [-0.2, 0) is 6.42 Å². The van der Waals surface area contributed by atoms with Crippen LogP contribution in [0.15, 0.2) is 24.4 Å². The van der Waals surface area contributed by atoms with Gasteiger partial charge >= 0.3 is 0 Å². The van der Waals surface area contributed by atoms with Crippen LogP contribution in [0.2, 0.25) is 0 Å². The average Bonchev–Trinajstić information content (AvgIpc) is 2.47. The van der Waals surface area contributed by atoms with Crippen LogP contribution in [0.25, 0.3) is 0 Å². The molecule has 1 aromatic rings. The van der Waals surface area contributed by atoms with Gasteiger partial charge in [0.1, 0.15) is 0 Å². The first-order valence-corrected chi connectivity index (χ1v) is 6.14. The molecule has 1 aromatic heterocycles. The third-order valence-electron chi connectivity index (χ3n) is 3.11. The van der Waals surface area contributed by atoms with Gasteiger partial charge in [-0.15, -0.1) is 0 Å². The summed E-state index contributed by atoms with van der Waals surface area (Å²) in [4.78, 5) is 5.12. The largest absolute Gasteiger partial charge is 0.261 e. The summed E-state index contributed by atoms with van der Waals surface area (Å²) < 4.78 is 0. The van der Waals surface area contributed by atoms with E-state index in [1.54, 1.807) is 0 Å². The zero-order chi connectivity index (χ0) is 10.0. The molecule has 2 unspecified atom stereocenters. The molecule has 76 valence electrons. The molecule has 2 heteroatoms. The SMILES string of the molecule is CC1(Cc2ccccn2)CCC(Br)C1. The van der Waals surface area contributed by atoms with Crippen molar-refractivity contribution in [1.29, 1.82) is 0 Å². The van der Waals surface area contributed by atoms with Crippen LogP contribution in [0.1, 0.15) is 31.9 Å². The van der Waals surface area contributed by atoms with E-state index < -0.39 is 0 Å². The molecule has 0 bridgehead atoms. The van der Waals surface area contributed by atoms with E-state index >= 15 is 0 Å². The van der Waals surface area contributed by atoms with Crippen LogP contribution in [0.5, 0.6) is 0 Å². The van der Waals surface area contributed by atoms with Crippen molar-refractivity contribution in [2.24, 2.45) is 5.41 Å². The van der Waals surface area contributed by atoms with Crippen molar-refractivity contribution in [2.75, 3.05) is 0 Å². The van der Waals surface area contributed by atoms with Crippen molar-refractivity contribution >= 4 is 15.9 Å². The zero-order valence-electron chi connectivity index (χ0n) is 8.54. The Kier molecular flexibility index (Phi) is 2.91. The van der Waals surface area contributed by atoms with E-state index in [9.17, 15) is 0 Å². The maximum atomic E-state index is 4.40. The molecule has 1 nitrogen and oxygen atoms in total. The number of alkyl halides is 1. The molecule has 2 rings (SSSR count). The lowest BCUT2D eigenvalue weighted by Crippen LogP contribution is -2.16. The fourth-order valence-corrected chi connectivity index (χ4v) is 3.35. The number of hydrogen-bond acceptors (Lipinski definition) is 1. The number of pyridine rings is 1. The van der Waals surface area contributed by atoms with Gasteiger partial charge in [-0.05, 0) is 43.2 Å². The summed E-state index contributed by atoms with van der Waals surface area (Å²) in [6.07, 6.45) is 6.92. The predicted octanol–water partition coefficient (Wildman–Crippen LogP) is 3.58.